The molecule has 0 N–H and O–H groups in total. The zero-order chi connectivity index (χ0) is 8.31. The summed E-state index contributed by atoms with van der Waals surface area (Å²) in [5.41, 5.74) is 0. The highest BCUT2D eigenvalue weighted by atomic mass is 33.2. The van der Waals surface area contributed by atoms with Gasteiger partial charge in [0.1, 0.15) is 0 Å². The summed E-state index contributed by atoms with van der Waals surface area (Å²) in [6, 6.07) is 0. The Kier molecular flexibility index (Phi) is 3.63. The van der Waals surface area contributed by atoms with Gasteiger partial charge < -0.3 is 0 Å². The molecule has 0 saturated carbocycles. The van der Waals surface area contributed by atoms with Gasteiger partial charge in [0.15, 0.2) is 0 Å². The average Bonchev–Trinajstić information content (AvgIpc) is 1.84. The standard InChI is InChI=1S/O6S4/c1-7(2)9(5)10(6)8(3)4. The summed E-state index contributed by atoms with van der Waals surface area (Å²) in [4.78, 5) is 0. The van der Waals surface area contributed by atoms with Crippen LogP contribution >= 0.6 is 0 Å². The van der Waals surface area contributed by atoms with E-state index in [1.807, 2.05) is 0 Å². The number of hydrogen-bond acceptors (Lipinski definition) is 6. The zero-order valence-corrected chi connectivity index (χ0v) is 7.35. The summed E-state index contributed by atoms with van der Waals surface area (Å²) in [5.74, 6) is 0. The third-order valence-corrected chi connectivity index (χ3v) is 8.00. The second-order valence-electron chi connectivity index (χ2n) is 0.816. The first-order valence-electron chi connectivity index (χ1n) is 1.50. The lowest BCUT2D eigenvalue weighted by atomic mass is 15.9. The molecule has 10 heavy (non-hydrogen) atoms. The molecule has 0 saturated heterocycles. The van der Waals surface area contributed by atoms with Crippen molar-refractivity contribution in [2.24, 2.45) is 0 Å². The molecule has 0 rings (SSSR count). The van der Waals surface area contributed by atoms with Crippen molar-refractivity contribution in [2.45, 2.75) is 0 Å². The van der Waals surface area contributed by atoms with E-state index in [9.17, 15) is 25.3 Å². The van der Waals surface area contributed by atoms with Crippen LogP contribution in [0.25, 0.3) is 0 Å². The summed E-state index contributed by atoms with van der Waals surface area (Å²) in [6.45, 7) is 0. The molecule has 0 aromatic rings. The van der Waals surface area contributed by atoms with Gasteiger partial charge in [0.05, 0.1) is 0 Å². The van der Waals surface area contributed by atoms with Gasteiger partial charge in [0.2, 0.25) is 15.8 Å². The minimum atomic E-state index is -3.13. The van der Waals surface area contributed by atoms with Crippen molar-refractivity contribution in [3.05, 3.63) is 0 Å². The highest BCUT2D eigenvalue weighted by Crippen LogP contribution is 1.50. The van der Waals surface area contributed by atoms with Gasteiger partial charge >= 0.3 is 18.5 Å². The van der Waals surface area contributed by atoms with Crippen LogP contribution in [0.2, 0.25) is 0 Å². The molecule has 0 heterocycles. The Hall–Kier alpha value is -0.320. The molecule has 60 valence electrons. The van der Waals surface area contributed by atoms with Gasteiger partial charge in [-0.05, 0) is 0 Å². The number of hydrogen-bond donors (Lipinski definition) is 0. The van der Waals surface area contributed by atoms with Crippen LogP contribution in [0.15, 0.2) is 0 Å². The Morgan fingerprint density at radius 3 is 0.800 bits per heavy atom. The van der Waals surface area contributed by atoms with E-state index >= 15 is 0 Å². The molecule has 0 spiro atoms. The van der Waals surface area contributed by atoms with E-state index in [1.54, 1.807) is 0 Å². The van der Waals surface area contributed by atoms with Gasteiger partial charge in [-0.1, -0.05) is 0 Å². The Balaban J connectivity index is 7.63. The largest absolute Gasteiger partial charge is 0.311 e. The van der Waals surface area contributed by atoms with Crippen molar-refractivity contribution >= 4 is 34.4 Å². The molecular formula is O6S4. The second kappa shape index (κ2) is 3.75. The van der Waals surface area contributed by atoms with Crippen molar-refractivity contribution in [1.29, 1.82) is 0 Å². The van der Waals surface area contributed by atoms with E-state index in [0.717, 1.165) is 0 Å². The third kappa shape index (κ3) is 2.51. The molecular weight excluding hydrogens is 224 g/mol. The Morgan fingerprint density at radius 2 is 0.700 bits per heavy atom. The van der Waals surface area contributed by atoms with E-state index in [4.69, 9.17) is 0 Å². The molecule has 10 heteroatoms. The van der Waals surface area contributed by atoms with Crippen molar-refractivity contribution < 1.29 is 25.3 Å². The quantitative estimate of drug-likeness (QED) is 0.471. The highest BCUT2D eigenvalue weighted by molar-refractivity contribution is 8.59. The normalized spacial score (nSPS) is 8.40. The van der Waals surface area contributed by atoms with Gasteiger partial charge in [-0.3, -0.25) is 0 Å². The van der Waals surface area contributed by atoms with Gasteiger partial charge in [-0.15, -0.1) is 0 Å². The smallest absolute Gasteiger partial charge is 0.195 e. The number of rotatable bonds is 0. The Labute approximate surface area is 59.8 Å². The van der Waals surface area contributed by atoms with Crippen molar-refractivity contribution in [3.63, 3.8) is 0 Å². The lowest BCUT2D eigenvalue weighted by molar-refractivity contribution is 0.624. The second-order valence-corrected chi connectivity index (χ2v) is 8.98. The fourth-order valence-electron chi connectivity index (χ4n) is 0.0907. The minimum absolute atomic E-state index is 2.87. The van der Waals surface area contributed by atoms with Crippen LogP contribution in [0.1, 0.15) is 0 Å². The molecule has 0 atom stereocenters. The third-order valence-electron chi connectivity index (χ3n) is 0.333. The van der Waals surface area contributed by atoms with Crippen molar-refractivity contribution in [2.75, 3.05) is 0 Å². The Bertz CT molecular complexity index is 503. The highest BCUT2D eigenvalue weighted by Gasteiger charge is 1.75. The van der Waals surface area contributed by atoms with Crippen LogP contribution in [-0.4, -0.2) is 25.3 Å². The maximum Gasteiger partial charge on any atom is 0.311 e. The fraction of sp³-hybridized carbons (Fsp3) is 0. The van der Waals surface area contributed by atoms with Gasteiger partial charge in [-0.2, -0.15) is 25.3 Å². The molecule has 0 aliphatic heterocycles. The molecule has 0 unspecified atom stereocenters. The maximum absolute atomic E-state index is 10.1. The Morgan fingerprint density at radius 1 is 0.500 bits per heavy atom. The van der Waals surface area contributed by atoms with Crippen LogP contribution < -0.4 is 0 Å². The summed E-state index contributed by atoms with van der Waals surface area (Å²) in [7, 11) is -12.0. The lowest BCUT2D eigenvalue weighted by Gasteiger charge is -1.42. The van der Waals surface area contributed by atoms with Gasteiger partial charge in [-0.25, -0.2) is 0 Å². The van der Waals surface area contributed by atoms with Crippen LogP contribution in [-0.2, 0) is 34.4 Å². The first-order chi connectivity index (χ1) is 4.46. The topological polar surface area (TPSA) is 102 Å². The molecule has 0 bridgehead atoms. The molecule has 6 nitrogen and oxygen atoms in total. The summed E-state index contributed by atoms with van der Waals surface area (Å²) < 4.78 is 58.9. The van der Waals surface area contributed by atoms with Crippen molar-refractivity contribution in [3.8, 4) is 0 Å². The molecule has 0 aliphatic carbocycles. The SMILES string of the molecule is O=S(=O)=S(=O)=S(=O)=S(=O)=O. The first kappa shape index (κ1) is 9.68. The van der Waals surface area contributed by atoms with Crippen molar-refractivity contribution in [1.82, 2.24) is 0 Å². The first-order valence-corrected chi connectivity index (χ1v) is 7.50. The summed E-state index contributed by atoms with van der Waals surface area (Å²) >= 11 is 0. The van der Waals surface area contributed by atoms with E-state index in [1.165, 1.54) is 0 Å². The fourth-order valence-corrected chi connectivity index (χ4v) is 4.90. The average molecular weight is 224 g/mol. The zero-order valence-electron chi connectivity index (χ0n) is 4.08. The maximum atomic E-state index is 10.1. The van der Waals surface area contributed by atoms with Crippen LogP contribution in [0.3, 0.4) is 0 Å². The minimum Gasteiger partial charge on any atom is -0.195 e. The van der Waals surface area contributed by atoms with E-state index < -0.39 is 34.4 Å². The molecule has 0 aliphatic rings. The molecule has 0 radical (unpaired) electrons. The molecule has 0 aromatic carbocycles. The summed E-state index contributed by atoms with van der Waals surface area (Å²) in [6.07, 6.45) is 0. The predicted octanol–water partition coefficient (Wildman–Crippen LogP) is -2.01. The van der Waals surface area contributed by atoms with Gasteiger partial charge in [0.25, 0.3) is 0 Å². The monoisotopic (exact) mass is 224 g/mol. The summed E-state index contributed by atoms with van der Waals surface area (Å²) in [5, 5.41) is 0. The lowest BCUT2D eigenvalue weighted by Crippen LogP contribution is -1.65. The molecule has 0 fully saturated rings. The van der Waals surface area contributed by atoms with Crippen LogP contribution in [0.5, 0.6) is 0 Å². The van der Waals surface area contributed by atoms with E-state index in [-0.39, 0.29) is 0 Å². The van der Waals surface area contributed by atoms with Gasteiger partial charge in [0, 0.05) is 0 Å². The van der Waals surface area contributed by atoms with Crippen LogP contribution in [0.4, 0.5) is 0 Å². The predicted molar refractivity (Wildman–Crippen MR) is 34.1 cm³/mol. The molecule has 0 amide bonds. The van der Waals surface area contributed by atoms with E-state index in [2.05, 4.69) is 0 Å². The van der Waals surface area contributed by atoms with Crippen LogP contribution in [0, 0.1) is 0 Å². The van der Waals surface area contributed by atoms with E-state index in [0.29, 0.717) is 0 Å². The molecule has 0 aromatic heterocycles.